The standard InChI is InChI=1S/C14H17N5O/c15-9-11-1-2-13(17-10-11)18-6-3-12(4-7-18)19-8-5-16-14(19)20/h1-2,10,12H,3-8H2,(H,16,20). The minimum atomic E-state index is 0.0694. The minimum Gasteiger partial charge on any atom is -0.356 e. The fourth-order valence-corrected chi connectivity index (χ4v) is 2.88. The number of hydrogen-bond donors (Lipinski definition) is 1. The maximum Gasteiger partial charge on any atom is 0.317 e. The number of amides is 2. The lowest BCUT2D eigenvalue weighted by Gasteiger charge is -2.36. The average molecular weight is 271 g/mol. The van der Waals surface area contributed by atoms with E-state index in [0.717, 1.165) is 44.8 Å². The Bertz CT molecular complexity index is 527. The van der Waals surface area contributed by atoms with Crippen LogP contribution in [0, 0.1) is 11.3 Å². The molecule has 2 fully saturated rings. The summed E-state index contributed by atoms with van der Waals surface area (Å²) >= 11 is 0. The summed E-state index contributed by atoms with van der Waals surface area (Å²) in [5.41, 5.74) is 0.581. The molecule has 2 amide bonds. The van der Waals surface area contributed by atoms with Gasteiger partial charge in [0.2, 0.25) is 0 Å². The van der Waals surface area contributed by atoms with Crippen LogP contribution in [0.4, 0.5) is 10.6 Å². The van der Waals surface area contributed by atoms with Crippen molar-refractivity contribution in [3.05, 3.63) is 23.9 Å². The lowest BCUT2D eigenvalue weighted by Crippen LogP contribution is -2.46. The number of anilines is 1. The number of nitriles is 1. The number of nitrogens with one attached hydrogen (secondary N) is 1. The smallest absolute Gasteiger partial charge is 0.317 e. The summed E-state index contributed by atoms with van der Waals surface area (Å²) in [5.74, 6) is 0.910. The van der Waals surface area contributed by atoms with Gasteiger partial charge in [0.25, 0.3) is 0 Å². The maximum absolute atomic E-state index is 11.7. The quantitative estimate of drug-likeness (QED) is 0.869. The first-order chi connectivity index (χ1) is 9.78. The first-order valence-electron chi connectivity index (χ1n) is 6.93. The molecule has 2 saturated heterocycles. The van der Waals surface area contributed by atoms with Crippen LogP contribution in [0.3, 0.4) is 0 Å². The van der Waals surface area contributed by atoms with Crippen molar-refractivity contribution in [1.82, 2.24) is 15.2 Å². The van der Waals surface area contributed by atoms with E-state index < -0.39 is 0 Å². The molecule has 0 bridgehead atoms. The summed E-state index contributed by atoms with van der Waals surface area (Å²) in [6, 6.07) is 6.17. The SMILES string of the molecule is N#Cc1ccc(N2CCC(N3CCNC3=O)CC2)nc1. The Balaban J connectivity index is 1.60. The van der Waals surface area contributed by atoms with Crippen LogP contribution in [0.25, 0.3) is 0 Å². The van der Waals surface area contributed by atoms with Crippen molar-refractivity contribution in [2.75, 3.05) is 31.1 Å². The summed E-state index contributed by atoms with van der Waals surface area (Å²) in [7, 11) is 0. The number of aromatic nitrogens is 1. The molecular formula is C14H17N5O. The molecule has 3 rings (SSSR count). The van der Waals surface area contributed by atoms with Gasteiger partial charge in [-0.2, -0.15) is 5.26 Å². The molecule has 3 heterocycles. The van der Waals surface area contributed by atoms with Crippen molar-refractivity contribution >= 4 is 11.8 Å². The van der Waals surface area contributed by atoms with E-state index in [1.807, 2.05) is 11.0 Å². The van der Waals surface area contributed by atoms with E-state index in [1.165, 1.54) is 0 Å². The van der Waals surface area contributed by atoms with Crippen LogP contribution in [0.15, 0.2) is 18.3 Å². The zero-order valence-electron chi connectivity index (χ0n) is 11.2. The van der Waals surface area contributed by atoms with Gasteiger partial charge in [-0.25, -0.2) is 9.78 Å². The summed E-state index contributed by atoms with van der Waals surface area (Å²) < 4.78 is 0. The molecule has 0 aromatic carbocycles. The molecule has 1 aromatic heterocycles. The van der Waals surface area contributed by atoms with Gasteiger partial charge in [0.05, 0.1) is 5.56 Å². The number of carbonyl (C=O) groups is 1. The molecule has 6 nitrogen and oxygen atoms in total. The summed E-state index contributed by atoms with van der Waals surface area (Å²) in [4.78, 5) is 20.1. The van der Waals surface area contributed by atoms with Crippen LogP contribution in [0.2, 0.25) is 0 Å². The molecule has 20 heavy (non-hydrogen) atoms. The van der Waals surface area contributed by atoms with E-state index in [2.05, 4.69) is 21.3 Å². The number of hydrogen-bond acceptors (Lipinski definition) is 4. The zero-order valence-corrected chi connectivity index (χ0v) is 11.2. The molecule has 0 spiro atoms. The molecule has 0 unspecified atom stereocenters. The Kier molecular flexibility index (Phi) is 3.42. The van der Waals surface area contributed by atoms with Crippen LogP contribution in [0.1, 0.15) is 18.4 Å². The number of rotatable bonds is 2. The third kappa shape index (κ3) is 2.39. The van der Waals surface area contributed by atoms with Gasteiger partial charge in [-0.05, 0) is 25.0 Å². The number of urea groups is 1. The number of nitrogens with zero attached hydrogens (tertiary/aromatic N) is 4. The zero-order chi connectivity index (χ0) is 13.9. The molecule has 2 aliphatic heterocycles. The topological polar surface area (TPSA) is 72.3 Å². The van der Waals surface area contributed by atoms with Crippen LogP contribution in [0.5, 0.6) is 0 Å². The second-order valence-corrected chi connectivity index (χ2v) is 5.16. The highest BCUT2D eigenvalue weighted by Gasteiger charge is 2.30. The van der Waals surface area contributed by atoms with E-state index in [9.17, 15) is 4.79 Å². The normalized spacial score (nSPS) is 19.9. The molecule has 1 N–H and O–H groups in total. The summed E-state index contributed by atoms with van der Waals surface area (Å²) in [5, 5.41) is 11.6. The molecule has 6 heteroatoms. The molecule has 0 radical (unpaired) electrons. The van der Waals surface area contributed by atoms with Crippen LogP contribution in [-0.2, 0) is 0 Å². The number of piperidine rings is 1. The van der Waals surface area contributed by atoms with Crippen molar-refractivity contribution in [2.24, 2.45) is 0 Å². The second-order valence-electron chi connectivity index (χ2n) is 5.16. The molecule has 1 aromatic rings. The van der Waals surface area contributed by atoms with Crippen LogP contribution in [-0.4, -0.2) is 48.1 Å². The highest BCUT2D eigenvalue weighted by molar-refractivity contribution is 5.76. The predicted octanol–water partition coefficient (Wildman–Crippen LogP) is 0.947. The van der Waals surface area contributed by atoms with Crippen LogP contribution < -0.4 is 10.2 Å². The van der Waals surface area contributed by atoms with E-state index in [0.29, 0.717) is 11.6 Å². The lowest BCUT2D eigenvalue weighted by atomic mass is 10.0. The predicted molar refractivity (Wildman–Crippen MR) is 74.3 cm³/mol. The second kappa shape index (κ2) is 5.37. The Morgan fingerprint density at radius 3 is 2.65 bits per heavy atom. The highest BCUT2D eigenvalue weighted by Crippen LogP contribution is 2.22. The molecular weight excluding hydrogens is 254 g/mol. The van der Waals surface area contributed by atoms with Gasteiger partial charge in [0.15, 0.2) is 0 Å². The maximum atomic E-state index is 11.7. The molecule has 0 atom stereocenters. The van der Waals surface area contributed by atoms with Crippen LogP contribution >= 0.6 is 0 Å². The molecule has 0 aliphatic carbocycles. The van der Waals surface area contributed by atoms with Gasteiger partial charge < -0.3 is 15.1 Å². The first-order valence-corrected chi connectivity index (χ1v) is 6.93. The number of pyridine rings is 1. The third-order valence-corrected chi connectivity index (χ3v) is 4.00. The van der Waals surface area contributed by atoms with Gasteiger partial charge in [0, 0.05) is 38.4 Å². The van der Waals surface area contributed by atoms with E-state index in [-0.39, 0.29) is 6.03 Å². The first kappa shape index (κ1) is 12.7. The van der Waals surface area contributed by atoms with Gasteiger partial charge >= 0.3 is 6.03 Å². The molecule has 2 aliphatic rings. The van der Waals surface area contributed by atoms with E-state index >= 15 is 0 Å². The third-order valence-electron chi connectivity index (χ3n) is 4.00. The van der Waals surface area contributed by atoms with Gasteiger partial charge in [-0.3, -0.25) is 0 Å². The average Bonchev–Trinajstić information content (AvgIpc) is 2.94. The van der Waals surface area contributed by atoms with Gasteiger partial charge in [-0.15, -0.1) is 0 Å². The summed E-state index contributed by atoms with van der Waals surface area (Å²) in [6.45, 7) is 3.37. The molecule has 104 valence electrons. The highest BCUT2D eigenvalue weighted by atomic mass is 16.2. The van der Waals surface area contributed by atoms with Gasteiger partial charge in [-0.1, -0.05) is 0 Å². The van der Waals surface area contributed by atoms with Gasteiger partial charge in [0.1, 0.15) is 11.9 Å². The van der Waals surface area contributed by atoms with E-state index in [1.54, 1.807) is 12.3 Å². The van der Waals surface area contributed by atoms with Crippen molar-refractivity contribution in [1.29, 1.82) is 5.26 Å². The Hall–Kier alpha value is -2.29. The van der Waals surface area contributed by atoms with Crippen molar-refractivity contribution in [3.8, 4) is 6.07 Å². The summed E-state index contributed by atoms with van der Waals surface area (Å²) in [6.07, 6.45) is 3.54. The Labute approximate surface area is 118 Å². The van der Waals surface area contributed by atoms with E-state index in [4.69, 9.17) is 5.26 Å². The minimum absolute atomic E-state index is 0.0694. The number of carbonyl (C=O) groups excluding carboxylic acids is 1. The van der Waals surface area contributed by atoms with Crippen molar-refractivity contribution < 1.29 is 4.79 Å². The Morgan fingerprint density at radius 1 is 1.30 bits per heavy atom. The molecule has 0 saturated carbocycles. The fourth-order valence-electron chi connectivity index (χ4n) is 2.88. The largest absolute Gasteiger partial charge is 0.356 e. The van der Waals surface area contributed by atoms with Crippen molar-refractivity contribution in [2.45, 2.75) is 18.9 Å². The fraction of sp³-hybridized carbons (Fsp3) is 0.500. The lowest BCUT2D eigenvalue weighted by molar-refractivity contribution is 0.186. The Morgan fingerprint density at radius 2 is 2.10 bits per heavy atom. The monoisotopic (exact) mass is 271 g/mol. The van der Waals surface area contributed by atoms with Crippen molar-refractivity contribution in [3.63, 3.8) is 0 Å².